The molecule has 0 atom stereocenters. The minimum Gasteiger partial charge on any atom is -0.496 e. The molecule has 2 aromatic heterocycles. The van der Waals surface area contributed by atoms with Crippen LogP contribution in [0.1, 0.15) is 26.7 Å². The first-order valence-electron chi connectivity index (χ1n) is 8.92. The molecule has 0 aliphatic carbocycles. The van der Waals surface area contributed by atoms with E-state index in [4.69, 9.17) is 4.74 Å². The Morgan fingerprint density at radius 1 is 1.14 bits per heavy atom. The summed E-state index contributed by atoms with van der Waals surface area (Å²) in [5, 5.41) is 5.55. The molecule has 28 heavy (non-hydrogen) atoms. The predicted octanol–water partition coefficient (Wildman–Crippen LogP) is 2.23. The van der Waals surface area contributed by atoms with Crippen molar-refractivity contribution in [1.82, 2.24) is 20.0 Å². The first-order valence-corrected chi connectivity index (χ1v) is 8.92. The molecule has 0 saturated heterocycles. The van der Waals surface area contributed by atoms with Gasteiger partial charge in [-0.25, -0.2) is 4.98 Å². The number of hydrogen-bond acceptors (Lipinski definition) is 4. The maximum absolute atomic E-state index is 12.7. The Morgan fingerprint density at radius 2 is 1.93 bits per heavy atom. The molecule has 144 valence electrons. The van der Waals surface area contributed by atoms with Gasteiger partial charge in [-0.15, -0.1) is 6.58 Å². The summed E-state index contributed by atoms with van der Waals surface area (Å²) in [5.74, 6) is 0.244. The fourth-order valence-electron chi connectivity index (χ4n) is 2.91. The zero-order valence-electron chi connectivity index (χ0n) is 15.6. The van der Waals surface area contributed by atoms with E-state index in [1.807, 2.05) is 24.3 Å². The van der Waals surface area contributed by atoms with Crippen LogP contribution in [0.2, 0.25) is 0 Å². The van der Waals surface area contributed by atoms with Crippen LogP contribution < -0.4 is 15.4 Å². The van der Waals surface area contributed by atoms with Crippen LogP contribution in [0.5, 0.6) is 5.75 Å². The fourth-order valence-corrected chi connectivity index (χ4v) is 2.91. The molecule has 7 nitrogen and oxygen atoms in total. The topological polar surface area (TPSA) is 84.7 Å². The molecule has 0 aliphatic rings. The number of carbonyl (C=O) groups is 2. The zero-order valence-corrected chi connectivity index (χ0v) is 15.6. The predicted molar refractivity (Wildman–Crippen MR) is 107 cm³/mol. The number of ether oxygens (including phenoxy) is 1. The van der Waals surface area contributed by atoms with Crippen molar-refractivity contribution >= 4 is 17.3 Å². The Balaban J connectivity index is 1.76. The Labute approximate surface area is 163 Å². The van der Waals surface area contributed by atoms with Gasteiger partial charge in [0.15, 0.2) is 5.69 Å². The van der Waals surface area contributed by atoms with Crippen molar-refractivity contribution in [3.8, 4) is 5.75 Å². The Bertz CT molecular complexity index is 1010. The molecule has 0 saturated carbocycles. The van der Waals surface area contributed by atoms with Gasteiger partial charge < -0.3 is 15.4 Å². The minimum atomic E-state index is -0.367. The molecule has 0 unspecified atom stereocenters. The van der Waals surface area contributed by atoms with Crippen molar-refractivity contribution in [2.45, 2.75) is 6.42 Å². The molecule has 2 amide bonds. The summed E-state index contributed by atoms with van der Waals surface area (Å²) in [5.41, 5.74) is 1.79. The van der Waals surface area contributed by atoms with Crippen molar-refractivity contribution in [3.05, 3.63) is 78.4 Å². The van der Waals surface area contributed by atoms with Crippen LogP contribution in [-0.4, -0.2) is 41.4 Å². The molecule has 2 heterocycles. The third-order valence-electron chi connectivity index (χ3n) is 4.25. The van der Waals surface area contributed by atoms with Gasteiger partial charge in [-0.1, -0.05) is 30.3 Å². The van der Waals surface area contributed by atoms with Crippen molar-refractivity contribution < 1.29 is 14.3 Å². The van der Waals surface area contributed by atoms with E-state index in [1.165, 1.54) is 0 Å². The molecule has 0 fully saturated rings. The van der Waals surface area contributed by atoms with Gasteiger partial charge >= 0.3 is 0 Å². The Morgan fingerprint density at radius 3 is 2.71 bits per heavy atom. The number of amides is 2. The van der Waals surface area contributed by atoms with E-state index in [2.05, 4.69) is 22.2 Å². The summed E-state index contributed by atoms with van der Waals surface area (Å²) in [4.78, 5) is 29.3. The largest absolute Gasteiger partial charge is 0.496 e. The highest BCUT2D eigenvalue weighted by atomic mass is 16.5. The number of carbonyl (C=O) groups excluding carboxylic acids is 2. The average molecular weight is 378 g/mol. The summed E-state index contributed by atoms with van der Waals surface area (Å²) in [6.07, 6.45) is 3.91. The number of benzene rings is 1. The van der Waals surface area contributed by atoms with Crippen molar-refractivity contribution in [3.63, 3.8) is 0 Å². The molecule has 3 aromatic rings. The normalized spacial score (nSPS) is 10.5. The maximum atomic E-state index is 12.7. The number of rotatable bonds is 8. The lowest BCUT2D eigenvalue weighted by atomic mass is 10.1. The van der Waals surface area contributed by atoms with Crippen molar-refractivity contribution in [1.29, 1.82) is 0 Å². The summed E-state index contributed by atoms with van der Waals surface area (Å²) in [7, 11) is 1.62. The maximum Gasteiger partial charge on any atom is 0.287 e. The molecule has 0 aliphatic heterocycles. The molecule has 3 rings (SSSR count). The van der Waals surface area contributed by atoms with Gasteiger partial charge in [-0.2, -0.15) is 0 Å². The van der Waals surface area contributed by atoms with Crippen LogP contribution >= 0.6 is 0 Å². The van der Waals surface area contributed by atoms with Gasteiger partial charge in [0, 0.05) is 19.3 Å². The monoisotopic (exact) mass is 378 g/mol. The van der Waals surface area contributed by atoms with Gasteiger partial charge in [0.2, 0.25) is 5.82 Å². The highest BCUT2D eigenvalue weighted by Gasteiger charge is 2.20. The Kier molecular flexibility index (Phi) is 6.06. The van der Waals surface area contributed by atoms with E-state index in [0.29, 0.717) is 25.0 Å². The van der Waals surface area contributed by atoms with Crippen LogP contribution in [0.25, 0.3) is 5.52 Å². The molecule has 2 N–H and O–H groups in total. The SMILES string of the molecule is C=CCNC(=O)c1nc(C(=O)NCCc2ccccc2OC)c2ccccn12. The quantitative estimate of drug-likeness (QED) is 0.589. The molecule has 7 heteroatoms. The van der Waals surface area contributed by atoms with Crippen LogP contribution in [-0.2, 0) is 6.42 Å². The molecular formula is C21H22N4O3. The second-order valence-electron chi connectivity index (χ2n) is 6.06. The summed E-state index contributed by atoms with van der Waals surface area (Å²) < 4.78 is 6.93. The van der Waals surface area contributed by atoms with Crippen LogP contribution in [0.3, 0.4) is 0 Å². The molecule has 0 bridgehead atoms. The summed E-state index contributed by atoms with van der Waals surface area (Å²) in [6.45, 7) is 4.32. The third-order valence-corrected chi connectivity index (χ3v) is 4.25. The van der Waals surface area contributed by atoms with E-state index in [-0.39, 0.29) is 23.3 Å². The second kappa shape index (κ2) is 8.85. The first-order chi connectivity index (χ1) is 13.7. The van der Waals surface area contributed by atoms with E-state index < -0.39 is 0 Å². The number of methoxy groups -OCH3 is 1. The summed E-state index contributed by atoms with van der Waals surface area (Å²) >= 11 is 0. The fraction of sp³-hybridized carbons (Fsp3) is 0.190. The average Bonchev–Trinajstić information content (AvgIpc) is 3.12. The third kappa shape index (κ3) is 4.03. The number of para-hydroxylation sites is 1. The van der Waals surface area contributed by atoms with Gasteiger partial charge in [0.05, 0.1) is 12.6 Å². The molecule has 0 radical (unpaired) electrons. The number of aromatic nitrogens is 2. The van der Waals surface area contributed by atoms with Crippen LogP contribution in [0.15, 0.2) is 61.3 Å². The second-order valence-corrected chi connectivity index (χ2v) is 6.06. The number of fused-ring (bicyclic) bond motifs is 1. The Hall–Kier alpha value is -3.61. The van der Waals surface area contributed by atoms with Crippen LogP contribution in [0, 0.1) is 0 Å². The number of imidazole rings is 1. The molecule has 0 spiro atoms. The number of hydrogen-bond donors (Lipinski definition) is 2. The van der Waals surface area contributed by atoms with Gasteiger partial charge in [-0.05, 0) is 30.2 Å². The van der Waals surface area contributed by atoms with E-state index in [1.54, 1.807) is 42.0 Å². The van der Waals surface area contributed by atoms with Crippen LogP contribution in [0.4, 0.5) is 0 Å². The molecular weight excluding hydrogens is 356 g/mol. The lowest BCUT2D eigenvalue weighted by Gasteiger charge is -2.08. The number of nitrogens with zero attached hydrogens (tertiary/aromatic N) is 2. The lowest BCUT2D eigenvalue weighted by Crippen LogP contribution is -2.27. The highest BCUT2D eigenvalue weighted by molar-refractivity contribution is 6.02. The zero-order chi connectivity index (χ0) is 19.9. The smallest absolute Gasteiger partial charge is 0.287 e. The standard InChI is InChI=1S/C21H22N4O3/c1-3-12-22-21(27)19-24-18(16-9-6-7-14-25(16)19)20(26)23-13-11-15-8-4-5-10-17(15)28-2/h3-10,14H,1,11-13H2,2H3,(H,22,27)(H,23,26). The highest BCUT2D eigenvalue weighted by Crippen LogP contribution is 2.17. The number of nitrogens with one attached hydrogen (secondary N) is 2. The molecule has 1 aromatic carbocycles. The first kappa shape index (κ1) is 19.2. The van der Waals surface area contributed by atoms with Crippen molar-refractivity contribution in [2.75, 3.05) is 20.2 Å². The van der Waals surface area contributed by atoms with E-state index in [0.717, 1.165) is 11.3 Å². The lowest BCUT2D eigenvalue weighted by molar-refractivity contribution is 0.0947. The van der Waals surface area contributed by atoms with Gasteiger partial charge in [-0.3, -0.25) is 14.0 Å². The van der Waals surface area contributed by atoms with E-state index in [9.17, 15) is 9.59 Å². The number of pyridine rings is 1. The van der Waals surface area contributed by atoms with E-state index >= 15 is 0 Å². The van der Waals surface area contributed by atoms with Crippen molar-refractivity contribution in [2.24, 2.45) is 0 Å². The van der Waals surface area contributed by atoms with Gasteiger partial charge in [0.25, 0.3) is 11.8 Å². The van der Waals surface area contributed by atoms with Gasteiger partial charge in [0.1, 0.15) is 5.75 Å². The minimum absolute atomic E-state index is 0.160. The summed E-state index contributed by atoms with van der Waals surface area (Å²) in [6, 6.07) is 13.0.